The maximum atomic E-state index is 11.8. The number of piperidine rings is 1. The number of nitrogens with zero attached hydrogens (tertiary/aromatic N) is 1. The topological polar surface area (TPSA) is 46.6 Å². The average molecular weight is 239 g/mol. The Hall–Kier alpha value is -1.32. The van der Waals surface area contributed by atoms with Gasteiger partial charge in [-0.2, -0.15) is 0 Å². The van der Waals surface area contributed by atoms with Crippen LogP contribution in [0.15, 0.2) is 12.2 Å². The zero-order valence-corrected chi connectivity index (χ0v) is 10.8. The Bertz CT molecular complexity index is 296. The second kappa shape index (κ2) is 5.84. The standard InChI is InChI=1S/C13H21NO3/c1-13(2,3)17-12(16)14-8-6-11(7-9-14)5-4-10-15/h4-5,10-11H,6-9H2,1-3H3/b5-4+. The van der Waals surface area contributed by atoms with E-state index in [2.05, 4.69) is 0 Å². The van der Waals surface area contributed by atoms with Gasteiger partial charge >= 0.3 is 6.09 Å². The van der Waals surface area contributed by atoms with E-state index in [1.807, 2.05) is 26.8 Å². The Morgan fingerprint density at radius 1 is 1.29 bits per heavy atom. The maximum Gasteiger partial charge on any atom is 0.410 e. The summed E-state index contributed by atoms with van der Waals surface area (Å²) in [6, 6.07) is 0. The van der Waals surface area contributed by atoms with Crippen molar-refractivity contribution in [3.05, 3.63) is 12.2 Å². The molecule has 0 bridgehead atoms. The summed E-state index contributed by atoms with van der Waals surface area (Å²) in [6.45, 7) is 6.99. The van der Waals surface area contributed by atoms with Crippen molar-refractivity contribution in [3.8, 4) is 0 Å². The van der Waals surface area contributed by atoms with E-state index in [4.69, 9.17) is 4.74 Å². The molecule has 0 aromatic rings. The van der Waals surface area contributed by atoms with Crippen molar-refractivity contribution in [1.82, 2.24) is 4.90 Å². The van der Waals surface area contributed by atoms with Crippen molar-refractivity contribution in [2.75, 3.05) is 13.1 Å². The van der Waals surface area contributed by atoms with Gasteiger partial charge in [0.25, 0.3) is 0 Å². The van der Waals surface area contributed by atoms with Crippen LogP contribution in [-0.2, 0) is 9.53 Å². The smallest absolute Gasteiger partial charge is 0.410 e. The van der Waals surface area contributed by atoms with E-state index in [9.17, 15) is 9.59 Å². The van der Waals surface area contributed by atoms with Crippen molar-refractivity contribution in [1.29, 1.82) is 0 Å². The van der Waals surface area contributed by atoms with E-state index in [1.54, 1.807) is 4.90 Å². The molecular weight excluding hydrogens is 218 g/mol. The molecule has 4 nitrogen and oxygen atoms in total. The highest BCUT2D eigenvalue weighted by molar-refractivity contribution is 5.68. The third-order valence-corrected chi connectivity index (χ3v) is 2.65. The van der Waals surface area contributed by atoms with Crippen LogP contribution in [0.2, 0.25) is 0 Å². The molecule has 0 aromatic heterocycles. The number of likely N-dealkylation sites (tertiary alicyclic amines) is 1. The summed E-state index contributed by atoms with van der Waals surface area (Å²) < 4.78 is 5.31. The van der Waals surface area contributed by atoms with Crippen LogP contribution in [0.1, 0.15) is 33.6 Å². The zero-order valence-electron chi connectivity index (χ0n) is 10.8. The van der Waals surface area contributed by atoms with Crippen molar-refractivity contribution >= 4 is 12.4 Å². The van der Waals surface area contributed by atoms with E-state index in [-0.39, 0.29) is 6.09 Å². The third-order valence-electron chi connectivity index (χ3n) is 2.65. The number of carbonyl (C=O) groups is 2. The zero-order chi connectivity index (χ0) is 12.9. The summed E-state index contributed by atoms with van der Waals surface area (Å²) in [5.74, 6) is 0.402. The van der Waals surface area contributed by atoms with E-state index in [1.165, 1.54) is 6.08 Å². The van der Waals surface area contributed by atoms with Crippen molar-refractivity contribution in [3.63, 3.8) is 0 Å². The molecule has 17 heavy (non-hydrogen) atoms. The molecule has 1 aliphatic rings. The molecule has 4 heteroatoms. The van der Waals surface area contributed by atoms with Gasteiger partial charge in [-0.25, -0.2) is 4.79 Å². The number of amides is 1. The lowest BCUT2D eigenvalue weighted by molar-refractivity contribution is -0.104. The van der Waals surface area contributed by atoms with Crippen molar-refractivity contribution in [2.45, 2.75) is 39.2 Å². The van der Waals surface area contributed by atoms with E-state index in [0.29, 0.717) is 19.0 Å². The Kier molecular flexibility index (Phi) is 4.73. The van der Waals surface area contributed by atoms with Crippen LogP contribution < -0.4 is 0 Å². The third kappa shape index (κ3) is 5.02. The summed E-state index contributed by atoms with van der Waals surface area (Å²) in [5, 5.41) is 0. The predicted octanol–water partition coefficient (Wildman–Crippen LogP) is 2.39. The molecule has 1 fully saturated rings. The Morgan fingerprint density at radius 2 is 1.88 bits per heavy atom. The van der Waals surface area contributed by atoms with Gasteiger partial charge in [0, 0.05) is 13.1 Å². The number of hydrogen-bond acceptors (Lipinski definition) is 3. The molecule has 0 aliphatic carbocycles. The number of carbonyl (C=O) groups excluding carboxylic acids is 2. The molecule has 0 spiro atoms. The fourth-order valence-electron chi connectivity index (χ4n) is 1.80. The van der Waals surface area contributed by atoms with Crippen molar-refractivity contribution in [2.24, 2.45) is 5.92 Å². The minimum Gasteiger partial charge on any atom is -0.444 e. The van der Waals surface area contributed by atoms with Crippen LogP contribution in [0, 0.1) is 5.92 Å². The largest absolute Gasteiger partial charge is 0.444 e. The van der Waals surface area contributed by atoms with Gasteiger partial charge in [-0.3, -0.25) is 4.79 Å². The number of hydrogen-bond donors (Lipinski definition) is 0. The number of allylic oxidation sites excluding steroid dienone is 2. The van der Waals surface area contributed by atoms with Crippen LogP contribution in [0.4, 0.5) is 4.79 Å². The highest BCUT2D eigenvalue weighted by atomic mass is 16.6. The molecule has 1 aliphatic heterocycles. The van der Waals surface area contributed by atoms with E-state index in [0.717, 1.165) is 19.1 Å². The SMILES string of the molecule is CC(C)(C)OC(=O)N1CCC(/C=C/C=O)CC1. The lowest BCUT2D eigenvalue weighted by atomic mass is 9.97. The summed E-state index contributed by atoms with van der Waals surface area (Å²) >= 11 is 0. The second-order valence-corrected chi connectivity index (χ2v) is 5.33. The Balaban J connectivity index is 2.39. The van der Waals surface area contributed by atoms with Gasteiger partial charge in [0.05, 0.1) is 0 Å². The summed E-state index contributed by atoms with van der Waals surface area (Å²) in [4.78, 5) is 23.7. The fraction of sp³-hybridized carbons (Fsp3) is 0.692. The van der Waals surface area contributed by atoms with Gasteiger partial charge in [0.15, 0.2) is 0 Å². The molecule has 96 valence electrons. The Labute approximate surface area is 103 Å². The van der Waals surface area contributed by atoms with Gasteiger partial charge in [0.1, 0.15) is 11.9 Å². The molecule has 0 N–H and O–H groups in total. The number of ether oxygens (including phenoxy) is 1. The van der Waals surface area contributed by atoms with Gasteiger partial charge in [-0.15, -0.1) is 0 Å². The molecule has 0 unspecified atom stereocenters. The van der Waals surface area contributed by atoms with Crippen LogP contribution in [0.25, 0.3) is 0 Å². The molecule has 1 rings (SSSR count). The molecule has 0 atom stereocenters. The normalized spacial score (nSPS) is 18.4. The molecule has 1 saturated heterocycles. The van der Waals surface area contributed by atoms with Crippen LogP contribution in [-0.4, -0.2) is 36.0 Å². The average Bonchev–Trinajstić information content (AvgIpc) is 2.24. The summed E-state index contributed by atoms with van der Waals surface area (Å²) in [6.07, 6.45) is 5.79. The highest BCUT2D eigenvalue weighted by Crippen LogP contribution is 2.20. The van der Waals surface area contributed by atoms with Crippen LogP contribution >= 0.6 is 0 Å². The van der Waals surface area contributed by atoms with E-state index < -0.39 is 5.60 Å². The highest BCUT2D eigenvalue weighted by Gasteiger charge is 2.25. The van der Waals surface area contributed by atoms with Gasteiger partial charge in [-0.05, 0) is 45.6 Å². The maximum absolute atomic E-state index is 11.8. The number of aldehydes is 1. The molecule has 1 heterocycles. The summed E-state index contributed by atoms with van der Waals surface area (Å²) in [5.41, 5.74) is -0.439. The van der Waals surface area contributed by atoms with Gasteiger partial charge < -0.3 is 9.64 Å². The predicted molar refractivity (Wildman–Crippen MR) is 65.7 cm³/mol. The molecule has 0 radical (unpaired) electrons. The van der Waals surface area contributed by atoms with Crippen molar-refractivity contribution < 1.29 is 14.3 Å². The minimum absolute atomic E-state index is 0.240. The first kappa shape index (κ1) is 13.7. The Morgan fingerprint density at radius 3 is 2.35 bits per heavy atom. The lowest BCUT2D eigenvalue weighted by Crippen LogP contribution is -2.41. The second-order valence-electron chi connectivity index (χ2n) is 5.33. The first-order valence-corrected chi connectivity index (χ1v) is 6.02. The molecule has 0 aromatic carbocycles. The monoisotopic (exact) mass is 239 g/mol. The molecule has 0 saturated carbocycles. The lowest BCUT2D eigenvalue weighted by Gasteiger charge is -2.32. The summed E-state index contributed by atoms with van der Waals surface area (Å²) in [7, 11) is 0. The van der Waals surface area contributed by atoms with Crippen LogP contribution in [0.5, 0.6) is 0 Å². The molecule has 1 amide bonds. The molecular formula is C13H21NO3. The first-order valence-electron chi connectivity index (χ1n) is 6.02. The van der Waals surface area contributed by atoms with E-state index >= 15 is 0 Å². The fourth-order valence-corrected chi connectivity index (χ4v) is 1.80. The number of rotatable bonds is 2. The first-order chi connectivity index (χ1) is 7.92. The quantitative estimate of drug-likeness (QED) is 0.549. The van der Waals surface area contributed by atoms with Gasteiger partial charge in [0.2, 0.25) is 0 Å². The minimum atomic E-state index is -0.439. The van der Waals surface area contributed by atoms with Gasteiger partial charge in [-0.1, -0.05) is 6.08 Å². The van der Waals surface area contributed by atoms with Crippen LogP contribution in [0.3, 0.4) is 0 Å².